The second-order valence-corrected chi connectivity index (χ2v) is 6.39. The Balaban J connectivity index is 1.76. The minimum Gasteiger partial charge on any atom is -0.469 e. The summed E-state index contributed by atoms with van der Waals surface area (Å²) in [4.78, 5) is 43.0. The van der Waals surface area contributed by atoms with Gasteiger partial charge in [0.05, 0.1) is 18.9 Å². The van der Waals surface area contributed by atoms with Crippen molar-refractivity contribution in [3.63, 3.8) is 0 Å². The van der Waals surface area contributed by atoms with E-state index in [1.165, 1.54) is 20.5 Å². The lowest BCUT2D eigenvalue weighted by Crippen LogP contribution is -2.45. The van der Waals surface area contributed by atoms with Gasteiger partial charge in [-0.3, -0.25) is 14.4 Å². The third-order valence-corrected chi connectivity index (χ3v) is 5.15. The number of amides is 2. The van der Waals surface area contributed by atoms with Crippen LogP contribution in [-0.2, 0) is 9.53 Å². The fourth-order valence-electron chi connectivity index (χ4n) is 3.93. The van der Waals surface area contributed by atoms with Crippen molar-refractivity contribution in [2.24, 2.45) is 5.41 Å². The molecule has 0 radical (unpaired) electrons. The number of esters is 1. The lowest BCUT2D eigenvalue weighted by atomic mass is 9.84. The molecule has 0 saturated heterocycles. The number of nitrogens with one attached hydrogen (secondary N) is 3. The lowest BCUT2D eigenvalue weighted by molar-refractivity contribution is -0.152. The van der Waals surface area contributed by atoms with E-state index in [9.17, 15) is 14.4 Å². The first-order valence-electron chi connectivity index (χ1n) is 7.62. The van der Waals surface area contributed by atoms with Crippen LogP contribution in [0.15, 0.2) is 6.33 Å². The van der Waals surface area contributed by atoms with Gasteiger partial charge in [-0.25, -0.2) is 4.98 Å². The van der Waals surface area contributed by atoms with Gasteiger partial charge in [-0.1, -0.05) is 0 Å². The van der Waals surface area contributed by atoms with Gasteiger partial charge in [-0.15, -0.1) is 0 Å². The number of imidazole rings is 1. The first-order valence-corrected chi connectivity index (χ1v) is 7.62. The molecular weight excluding hydrogens is 300 g/mol. The second-order valence-electron chi connectivity index (χ2n) is 6.39. The Kier molecular flexibility index (Phi) is 3.62. The maximum Gasteiger partial charge on any atom is 0.311 e. The van der Waals surface area contributed by atoms with Crippen molar-refractivity contribution in [1.29, 1.82) is 0 Å². The predicted molar refractivity (Wildman–Crippen MR) is 79.7 cm³/mol. The Hall–Kier alpha value is -2.38. The number of hydrogen-bond acceptors (Lipinski definition) is 5. The molecule has 8 nitrogen and oxygen atoms in total. The van der Waals surface area contributed by atoms with E-state index in [0.29, 0.717) is 19.3 Å². The highest BCUT2D eigenvalue weighted by atomic mass is 16.5. The molecule has 2 saturated carbocycles. The molecule has 0 spiro atoms. The van der Waals surface area contributed by atoms with Gasteiger partial charge in [-0.05, 0) is 32.1 Å². The Morgan fingerprint density at radius 1 is 1.22 bits per heavy atom. The highest BCUT2D eigenvalue weighted by molar-refractivity contribution is 6.05. The van der Waals surface area contributed by atoms with Crippen molar-refractivity contribution in [3.8, 4) is 0 Å². The fourth-order valence-corrected chi connectivity index (χ4v) is 3.93. The zero-order valence-electron chi connectivity index (χ0n) is 13.2. The van der Waals surface area contributed by atoms with Crippen LogP contribution < -0.4 is 10.6 Å². The number of hydrogen-bond donors (Lipinski definition) is 3. The summed E-state index contributed by atoms with van der Waals surface area (Å²) in [6, 6.07) is 0. The molecule has 8 heteroatoms. The predicted octanol–water partition coefficient (Wildman–Crippen LogP) is 0.375. The molecule has 3 N–H and O–H groups in total. The molecule has 0 aromatic carbocycles. The molecule has 124 valence electrons. The largest absolute Gasteiger partial charge is 0.469 e. The quantitative estimate of drug-likeness (QED) is 0.694. The smallest absolute Gasteiger partial charge is 0.311 e. The summed E-state index contributed by atoms with van der Waals surface area (Å²) in [7, 11) is 2.88. The average molecular weight is 320 g/mol. The highest BCUT2D eigenvalue weighted by Gasteiger charge is 2.59. The lowest BCUT2D eigenvalue weighted by Gasteiger charge is -2.27. The Morgan fingerprint density at radius 3 is 2.52 bits per heavy atom. The van der Waals surface area contributed by atoms with Crippen LogP contribution in [-0.4, -0.2) is 47.4 Å². The number of rotatable bonds is 4. The number of carbonyl (C=O) groups excluding carboxylic acids is 3. The molecule has 1 heterocycles. The van der Waals surface area contributed by atoms with Crippen LogP contribution >= 0.6 is 0 Å². The van der Waals surface area contributed by atoms with E-state index >= 15 is 0 Å². The van der Waals surface area contributed by atoms with E-state index < -0.39 is 22.8 Å². The van der Waals surface area contributed by atoms with Gasteiger partial charge in [0.2, 0.25) is 0 Å². The molecule has 2 fully saturated rings. The van der Waals surface area contributed by atoms with Gasteiger partial charge in [0.25, 0.3) is 11.8 Å². The summed E-state index contributed by atoms with van der Waals surface area (Å²) in [6.45, 7) is 0. The molecular formula is C15H20N4O4. The molecule has 1 aromatic heterocycles. The van der Waals surface area contributed by atoms with Crippen LogP contribution in [0.4, 0.5) is 0 Å². The molecule has 0 atom stereocenters. The topological polar surface area (TPSA) is 113 Å². The minimum absolute atomic E-state index is 0.0705. The zero-order valence-corrected chi connectivity index (χ0v) is 13.2. The highest BCUT2D eigenvalue weighted by Crippen LogP contribution is 2.57. The second kappa shape index (κ2) is 5.36. The van der Waals surface area contributed by atoms with Crippen molar-refractivity contribution in [1.82, 2.24) is 20.6 Å². The first-order chi connectivity index (χ1) is 11.0. The molecule has 2 aliphatic rings. The number of carbonyl (C=O) groups is 3. The van der Waals surface area contributed by atoms with Gasteiger partial charge in [0.1, 0.15) is 5.69 Å². The number of aromatic amines is 1. The van der Waals surface area contributed by atoms with Crippen molar-refractivity contribution < 1.29 is 19.1 Å². The Labute approximate surface area is 133 Å². The van der Waals surface area contributed by atoms with E-state index in [0.717, 1.165) is 12.8 Å². The monoisotopic (exact) mass is 320 g/mol. The first kappa shape index (κ1) is 15.5. The summed E-state index contributed by atoms with van der Waals surface area (Å²) in [6.07, 6.45) is 4.78. The minimum atomic E-state index is -0.475. The number of fused-ring (bicyclic) bond motifs is 2. The molecule has 1 aromatic rings. The summed E-state index contributed by atoms with van der Waals surface area (Å²) >= 11 is 0. The molecule has 3 rings (SSSR count). The van der Waals surface area contributed by atoms with E-state index in [4.69, 9.17) is 4.74 Å². The number of ether oxygens (including phenoxy) is 1. The third-order valence-electron chi connectivity index (χ3n) is 5.15. The van der Waals surface area contributed by atoms with Crippen LogP contribution in [0, 0.1) is 5.41 Å². The van der Waals surface area contributed by atoms with E-state index in [1.807, 2.05) is 0 Å². The maximum absolute atomic E-state index is 12.5. The number of aromatic nitrogens is 2. The molecule has 2 aliphatic carbocycles. The zero-order chi connectivity index (χ0) is 16.7. The molecule has 0 unspecified atom stereocenters. The summed E-state index contributed by atoms with van der Waals surface area (Å²) in [5.41, 5.74) is -0.681. The molecule has 2 bridgehead atoms. The Morgan fingerprint density at radius 2 is 1.91 bits per heavy atom. The van der Waals surface area contributed by atoms with E-state index in [1.54, 1.807) is 0 Å². The summed E-state index contributed by atoms with van der Waals surface area (Å²) in [5, 5.41) is 5.47. The van der Waals surface area contributed by atoms with Crippen LogP contribution in [0.3, 0.4) is 0 Å². The van der Waals surface area contributed by atoms with E-state index in [-0.39, 0.29) is 17.4 Å². The molecule has 23 heavy (non-hydrogen) atoms. The van der Waals surface area contributed by atoms with Crippen LogP contribution in [0.25, 0.3) is 0 Å². The van der Waals surface area contributed by atoms with Crippen molar-refractivity contribution in [2.75, 3.05) is 14.2 Å². The standard InChI is InChI=1S/C15H20N4O4/c1-16-11(20)9-10(18-8-17-9)12(21)19-15-5-3-14(7-15,4-6-15)13(22)23-2/h8H,3-7H2,1-2H3,(H,16,20)(H,17,18)(H,19,21). The number of nitrogens with zero attached hydrogens (tertiary/aromatic N) is 1. The molecule has 0 aliphatic heterocycles. The van der Waals surface area contributed by atoms with Crippen molar-refractivity contribution in [3.05, 3.63) is 17.7 Å². The maximum atomic E-state index is 12.5. The summed E-state index contributed by atoms with van der Waals surface area (Å²) < 4.78 is 4.92. The third kappa shape index (κ3) is 2.38. The van der Waals surface area contributed by atoms with E-state index in [2.05, 4.69) is 20.6 Å². The average Bonchev–Trinajstić information content (AvgIpc) is 3.26. The SMILES string of the molecule is CNC(=O)c1[nH]cnc1C(=O)NC12CCC(C(=O)OC)(CC1)C2. The van der Waals surface area contributed by atoms with Crippen molar-refractivity contribution >= 4 is 17.8 Å². The fraction of sp³-hybridized carbons (Fsp3) is 0.600. The van der Waals surface area contributed by atoms with Gasteiger partial charge in [-0.2, -0.15) is 0 Å². The number of methoxy groups -OCH3 is 1. The normalized spacial score (nSPS) is 28.4. The molecule has 2 amide bonds. The van der Waals surface area contributed by atoms with Crippen LogP contribution in [0.5, 0.6) is 0 Å². The van der Waals surface area contributed by atoms with Crippen LogP contribution in [0.1, 0.15) is 53.1 Å². The Bertz CT molecular complexity index is 658. The van der Waals surface area contributed by atoms with Gasteiger partial charge in [0.15, 0.2) is 5.69 Å². The van der Waals surface area contributed by atoms with Crippen molar-refractivity contribution in [2.45, 2.75) is 37.6 Å². The summed E-state index contributed by atoms with van der Waals surface area (Å²) in [5.74, 6) is -0.990. The van der Waals surface area contributed by atoms with Crippen LogP contribution in [0.2, 0.25) is 0 Å². The van der Waals surface area contributed by atoms with Gasteiger partial charge < -0.3 is 20.4 Å². The number of H-pyrrole nitrogens is 1. The van der Waals surface area contributed by atoms with Gasteiger partial charge >= 0.3 is 5.97 Å². The van der Waals surface area contributed by atoms with Gasteiger partial charge in [0, 0.05) is 12.6 Å².